The maximum absolute atomic E-state index is 13.3. The maximum Gasteiger partial charge on any atom is 0.127 e. The lowest BCUT2D eigenvalue weighted by Crippen LogP contribution is -2.36. The van der Waals surface area contributed by atoms with Gasteiger partial charge in [-0.2, -0.15) is 0 Å². The highest BCUT2D eigenvalue weighted by Gasteiger charge is 2.16. The van der Waals surface area contributed by atoms with Crippen molar-refractivity contribution in [1.82, 2.24) is 5.32 Å². The Morgan fingerprint density at radius 2 is 2.19 bits per heavy atom. The van der Waals surface area contributed by atoms with Crippen LogP contribution in [0.2, 0.25) is 5.02 Å². The molecule has 2 nitrogen and oxygen atoms in total. The van der Waals surface area contributed by atoms with Crippen molar-refractivity contribution in [3.05, 3.63) is 34.6 Å². The Kier molecular flexibility index (Phi) is 4.71. The summed E-state index contributed by atoms with van der Waals surface area (Å²) in [6.45, 7) is 4.44. The molecule has 1 aromatic rings. The standard InChI is InChI=1S/C12H17ClFNO/c1-3-12(2,16)8-15-7-9-6-10(13)4-5-11(9)14/h4-6,15-16H,3,7-8H2,1-2H3. The van der Waals surface area contributed by atoms with Crippen molar-refractivity contribution in [3.63, 3.8) is 0 Å². The summed E-state index contributed by atoms with van der Waals surface area (Å²) in [5.41, 5.74) is -0.242. The third-order valence-corrected chi connectivity index (χ3v) is 2.83. The van der Waals surface area contributed by atoms with E-state index >= 15 is 0 Å². The molecule has 0 radical (unpaired) electrons. The highest BCUT2D eigenvalue weighted by atomic mass is 35.5. The van der Waals surface area contributed by atoms with Gasteiger partial charge in [0.25, 0.3) is 0 Å². The Morgan fingerprint density at radius 1 is 1.50 bits per heavy atom. The number of hydrogen-bond donors (Lipinski definition) is 2. The third-order valence-electron chi connectivity index (χ3n) is 2.59. The fourth-order valence-corrected chi connectivity index (χ4v) is 1.46. The van der Waals surface area contributed by atoms with Crippen molar-refractivity contribution >= 4 is 11.6 Å². The smallest absolute Gasteiger partial charge is 0.127 e. The van der Waals surface area contributed by atoms with E-state index in [2.05, 4.69) is 5.32 Å². The summed E-state index contributed by atoms with van der Waals surface area (Å²) in [5, 5.41) is 13.3. The fourth-order valence-electron chi connectivity index (χ4n) is 1.27. The van der Waals surface area contributed by atoms with Gasteiger partial charge >= 0.3 is 0 Å². The number of aliphatic hydroxyl groups is 1. The number of rotatable bonds is 5. The monoisotopic (exact) mass is 245 g/mol. The summed E-state index contributed by atoms with van der Waals surface area (Å²) in [5.74, 6) is -0.284. The van der Waals surface area contributed by atoms with Crippen LogP contribution in [0.1, 0.15) is 25.8 Å². The first-order valence-electron chi connectivity index (χ1n) is 5.31. The Labute approximate surface area is 100 Å². The van der Waals surface area contributed by atoms with E-state index in [1.807, 2.05) is 6.92 Å². The first-order chi connectivity index (χ1) is 7.44. The Bertz CT molecular complexity index is 355. The highest BCUT2D eigenvalue weighted by molar-refractivity contribution is 6.30. The Balaban J connectivity index is 2.52. The number of halogens is 2. The predicted molar refractivity (Wildman–Crippen MR) is 64.0 cm³/mol. The molecule has 1 rings (SSSR count). The van der Waals surface area contributed by atoms with Crippen LogP contribution in [-0.4, -0.2) is 17.3 Å². The van der Waals surface area contributed by atoms with Gasteiger partial charge in [0.15, 0.2) is 0 Å². The van der Waals surface area contributed by atoms with E-state index in [0.717, 1.165) is 0 Å². The molecule has 1 atom stereocenters. The molecule has 1 aromatic carbocycles. The molecule has 4 heteroatoms. The average molecular weight is 246 g/mol. The van der Waals surface area contributed by atoms with Crippen molar-refractivity contribution in [2.24, 2.45) is 0 Å². The van der Waals surface area contributed by atoms with Gasteiger partial charge in [0.1, 0.15) is 5.82 Å². The van der Waals surface area contributed by atoms with E-state index in [0.29, 0.717) is 30.1 Å². The maximum atomic E-state index is 13.3. The lowest BCUT2D eigenvalue weighted by molar-refractivity contribution is 0.0555. The van der Waals surface area contributed by atoms with Crippen LogP contribution in [0.5, 0.6) is 0 Å². The Hall–Kier alpha value is -0.640. The molecule has 1 unspecified atom stereocenters. The minimum Gasteiger partial charge on any atom is -0.389 e. The summed E-state index contributed by atoms with van der Waals surface area (Å²) in [6, 6.07) is 4.45. The van der Waals surface area contributed by atoms with Crippen molar-refractivity contribution in [1.29, 1.82) is 0 Å². The van der Waals surface area contributed by atoms with E-state index < -0.39 is 5.60 Å². The molecule has 0 aliphatic carbocycles. The second-order valence-electron chi connectivity index (χ2n) is 4.19. The molecular weight excluding hydrogens is 229 g/mol. The van der Waals surface area contributed by atoms with Crippen LogP contribution in [-0.2, 0) is 6.54 Å². The van der Waals surface area contributed by atoms with Crippen LogP contribution in [0.25, 0.3) is 0 Å². The van der Waals surface area contributed by atoms with Gasteiger partial charge in [0.2, 0.25) is 0 Å². The molecule has 0 bridgehead atoms. The summed E-state index contributed by atoms with van der Waals surface area (Å²) >= 11 is 5.77. The second-order valence-corrected chi connectivity index (χ2v) is 4.63. The van der Waals surface area contributed by atoms with Gasteiger partial charge in [0, 0.05) is 23.7 Å². The molecule has 0 aromatic heterocycles. The molecule has 0 amide bonds. The van der Waals surface area contributed by atoms with E-state index in [4.69, 9.17) is 11.6 Å². The van der Waals surface area contributed by atoms with Gasteiger partial charge in [0.05, 0.1) is 5.60 Å². The highest BCUT2D eigenvalue weighted by Crippen LogP contribution is 2.15. The van der Waals surface area contributed by atoms with Crippen LogP contribution >= 0.6 is 11.6 Å². The number of benzene rings is 1. The van der Waals surface area contributed by atoms with E-state index in [1.54, 1.807) is 13.0 Å². The second kappa shape index (κ2) is 5.62. The zero-order chi connectivity index (χ0) is 12.2. The van der Waals surface area contributed by atoms with E-state index in [-0.39, 0.29) is 5.82 Å². The van der Waals surface area contributed by atoms with Gasteiger partial charge in [-0.3, -0.25) is 0 Å². The van der Waals surface area contributed by atoms with Crippen molar-refractivity contribution in [2.75, 3.05) is 6.54 Å². The minimum absolute atomic E-state index is 0.284. The van der Waals surface area contributed by atoms with E-state index in [1.165, 1.54) is 12.1 Å². The number of hydrogen-bond acceptors (Lipinski definition) is 2. The van der Waals surface area contributed by atoms with Crippen molar-refractivity contribution in [3.8, 4) is 0 Å². The first-order valence-corrected chi connectivity index (χ1v) is 5.69. The van der Waals surface area contributed by atoms with Gasteiger partial charge < -0.3 is 10.4 Å². The Morgan fingerprint density at radius 3 is 2.81 bits per heavy atom. The fraction of sp³-hybridized carbons (Fsp3) is 0.500. The molecule has 0 aliphatic rings. The molecular formula is C12H17ClFNO. The largest absolute Gasteiger partial charge is 0.389 e. The van der Waals surface area contributed by atoms with Crippen LogP contribution in [0.15, 0.2) is 18.2 Å². The SMILES string of the molecule is CCC(C)(O)CNCc1cc(Cl)ccc1F. The first kappa shape index (κ1) is 13.4. The normalized spacial score (nSPS) is 14.8. The van der Waals surface area contributed by atoms with Crippen LogP contribution < -0.4 is 5.32 Å². The minimum atomic E-state index is -0.755. The molecule has 0 heterocycles. The van der Waals surface area contributed by atoms with Crippen LogP contribution in [0.3, 0.4) is 0 Å². The molecule has 16 heavy (non-hydrogen) atoms. The molecule has 0 saturated carbocycles. The summed E-state index contributed by atoms with van der Waals surface area (Å²) in [7, 11) is 0. The quantitative estimate of drug-likeness (QED) is 0.836. The zero-order valence-corrected chi connectivity index (χ0v) is 10.3. The van der Waals surface area contributed by atoms with Crippen LogP contribution in [0.4, 0.5) is 4.39 Å². The topological polar surface area (TPSA) is 32.3 Å². The predicted octanol–water partition coefficient (Wildman–Crippen LogP) is 2.73. The lowest BCUT2D eigenvalue weighted by Gasteiger charge is -2.21. The lowest BCUT2D eigenvalue weighted by atomic mass is 10.0. The van der Waals surface area contributed by atoms with Gasteiger partial charge in [-0.05, 0) is 31.5 Å². The summed E-state index contributed by atoms with van der Waals surface area (Å²) < 4.78 is 13.3. The van der Waals surface area contributed by atoms with Gasteiger partial charge in [-0.15, -0.1) is 0 Å². The molecule has 0 fully saturated rings. The van der Waals surface area contributed by atoms with Gasteiger partial charge in [-0.25, -0.2) is 4.39 Å². The molecule has 0 spiro atoms. The van der Waals surface area contributed by atoms with Crippen molar-refractivity contribution < 1.29 is 9.50 Å². The van der Waals surface area contributed by atoms with Crippen molar-refractivity contribution in [2.45, 2.75) is 32.4 Å². The molecule has 2 N–H and O–H groups in total. The molecule has 0 saturated heterocycles. The zero-order valence-electron chi connectivity index (χ0n) is 9.56. The molecule has 0 aliphatic heterocycles. The summed E-state index contributed by atoms with van der Waals surface area (Å²) in [4.78, 5) is 0. The van der Waals surface area contributed by atoms with Crippen LogP contribution in [0, 0.1) is 5.82 Å². The summed E-state index contributed by atoms with van der Waals surface area (Å²) in [6.07, 6.45) is 0.651. The molecule has 90 valence electrons. The third kappa shape index (κ3) is 4.08. The van der Waals surface area contributed by atoms with Gasteiger partial charge in [-0.1, -0.05) is 18.5 Å². The average Bonchev–Trinajstić information content (AvgIpc) is 2.23. The van der Waals surface area contributed by atoms with E-state index in [9.17, 15) is 9.50 Å². The number of nitrogens with one attached hydrogen (secondary N) is 1.